The maximum absolute atomic E-state index is 13.3. The van der Waals surface area contributed by atoms with Crippen LogP contribution >= 0.6 is 0 Å². The van der Waals surface area contributed by atoms with Crippen LogP contribution in [0.25, 0.3) is 10.9 Å². The molecule has 1 saturated carbocycles. The molecule has 1 amide bonds. The minimum absolute atomic E-state index is 0.241. The predicted octanol–water partition coefficient (Wildman–Crippen LogP) is 2.99. The fraction of sp³-hybridized carbons (Fsp3) is 0.474. The van der Waals surface area contributed by atoms with E-state index in [1.54, 1.807) is 0 Å². The summed E-state index contributed by atoms with van der Waals surface area (Å²) in [6.45, 7) is 3.01. The van der Waals surface area contributed by atoms with E-state index in [-0.39, 0.29) is 17.6 Å². The van der Waals surface area contributed by atoms with E-state index in [1.807, 2.05) is 0 Å². The lowest BCUT2D eigenvalue weighted by atomic mass is 9.88. The normalized spacial score (nSPS) is 20.6. The van der Waals surface area contributed by atoms with Crippen LogP contribution in [-0.2, 0) is 4.74 Å². The molecule has 1 aliphatic rings. The fourth-order valence-corrected chi connectivity index (χ4v) is 3.42. The summed E-state index contributed by atoms with van der Waals surface area (Å²) in [6, 6.07) is 5.21. The number of carbonyl (C=O) groups excluding carboxylic acids is 1. The van der Waals surface area contributed by atoms with Gasteiger partial charge in [-0.2, -0.15) is 0 Å². The van der Waals surface area contributed by atoms with Crippen LogP contribution in [0.5, 0.6) is 0 Å². The maximum atomic E-state index is 13.3. The van der Waals surface area contributed by atoms with Crippen molar-refractivity contribution in [3.05, 3.63) is 46.0 Å². The first-order valence-corrected chi connectivity index (χ1v) is 8.77. The summed E-state index contributed by atoms with van der Waals surface area (Å²) >= 11 is 0. The maximum Gasteiger partial charge on any atom is 0.252 e. The SMILES string of the molecule is C[C@@H]1CCCC[C@@H]1OCCNC(=O)c1cc(=O)[nH]c2cc(F)ccc12. The molecular weight excluding hydrogens is 323 g/mol. The molecule has 0 aliphatic heterocycles. The van der Waals surface area contributed by atoms with E-state index in [1.165, 1.54) is 43.5 Å². The number of hydrogen-bond acceptors (Lipinski definition) is 3. The zero-order valence-electron chi connectivity index (χ0n) is 14.3. The molecular formula is C19H23FN2O3. The zero-order valence-corrected chi connectivity index (χ0v) is 14.3. The summed E-state index contributed by atoms with van der Waals surface area (Å²) in [5.41, 5.74) is 0.116. The highest BCUT2D eigenvalue weighted by atomic mass is 19.1. The molecule has 25 heavy (non-hydrogen) atoms. The summed E-state index contributed by atoms with van der Waals surface area (Å²) in [7, 11) is 0. The van der Waals surface area contributed by atoms with Gasteiger partial charge in [0.2, 0.25) is 5.56 Å². The largest absolute Gasteiger partial charge is 0.376 e. The monoisotopic (exact) mass is 346 g/mol. The average molecular weight is 346 g/mol. The van der Waals surface area contributed by atoms with Crippen molar-refractivity contribution >= 4 is 16.8 Å². The molecule has 0 saturated heterocycles. The third kappa shape index (κ3) is 4.25. The second kappa shape index (κ2) is 7.78. The minimum Gasteiger partial charge on any atom is -0.376 e. The molecule has 0 spiro atoms. The fourth-order valence-electron chi connectivity index (χ4n) is 3.42. The molecule has 1 fully saturated rings. The average Bonchev–Trinajstić information content (AvgIpc) is 2.58. The second-order valence-corrected chi connectivity index (χ2v) is 6.66. The van der Waals surface area contributed by atoms with Crippen LogP contribution in [0, 0.1) is 11.7 Å². The van der Waals surface area contributed by atoms with Gasteiger partial charge in [-0.25, -0.2) is 4.39 Å². The molecule has 2 N–H and O–H groups in total. The predicted molar refractivity (Wildman–Crippen MR) is 94.2 cm³/mol. The molecule has 6 heteroatoms. The number of aromatic nitrogens is 1. The first-order valence-electron chi connectivity index (χ1n) is 8.77. The van der Waals surface area contributed by atoms with Gasteiger partial charge in [-0.3, -0.25) is 9.59 Å². The molecule has 0 radical (unpaired) electrons. The van der Waals surface area contributed by atoms with Gasteiger partial charge in [-0.05, 0) is 37.0 Å². The van der Waals surface area contributed by atoms with Gasteiger partial charge in [-0.15, -0.1) is 0 Å². The standard InChI is InChI=1S/C19H23FN2O3/c1-12-4-2-3-5-17(12)25-9-8-21-19(24)15-11-18(23)22-16-10-13(20)6-7-14(15)16/h6-7,10-12,17H,2-5,8-9H2,1H3,(H,21,24)(H,22,23)/t12-,17+/m1/s1. The second-order valence-electron chi connectivity index (χ2n) is 6.66. The van der Waals surface area contributed by atoms with Gasteiger partial charge in [-0.1, -0.05) is 19.8 Å². The van der Waals surface area contributed by atoms with Crippen LogP contribution in [0.2, 0.25) is 0 Å². The van der Waals surface area contributed by atoms with Crippen molar-refractivity contribution in [1.29, 1.82) is 0 Å². The Morgan fingerprint density at radius 1 is 1.32 bits per heavy atom. The van der Waals surface area contributed by atoms with Crippen LogP contribution in [0.4, 0.5) is 4.39 Å². The van der Waals surface area contributed by atoms with Gasteiger partial charge in [0.1, 0.15) is 5.82 Å². The molecule has 5 nitrogen and oxygen atoms in total. The Morgan fingerprint density at radius 2 is 2.12 bits per heavy atom. The molecule has 1 aromatic heterocycles. The van der Waals surface area contributed by atoms with Crippen molar-refractivity contribution in [3.8, 4) is 0 Å². The number of pyridine rings is 1. The van der Waals surface area contributed by atoms with E-state index < -0.39 is 11.4 Å². The number of carbonyl (C=O) groups is 1. The minimum atomic E-state index is -0.462. The molecule has 2 aromatic rings. The summed E-state index contributed by atoms with van der Waals surface area (Å²) in [4.78, 5) is 26.6. The Bertz CT molecular complexity index is 818. The Morgan fingerprint density at radius 3 is 2.92 bits per heavy atom. The smallest absolute Gasteiger partial charge is 0.252 e. The summed E-state index contributed by atoms with van der Waals surface area (Å²) in [5.74, 6) is -0.269. The van der Waals surface area contributed by atoms with Crippen molar-refractivity contribution in [2.45, 2.75) is 38.7 Å². The Kier molecular flexibility index (Phi) is 5.48. The Hall–Kier alpha value is -2.21. The quantitative estimate of drug-likeness (QED) is 0.818. The molecule has 3 rings (SSSR count). The third-order valence-electron chi connectivity index (χ3n) is 4.80. The third-order valence-corrected chi connectivity index (χ3v) is 4.80. The van der Waals surface area contributed by atoms with Crippen molar-refractivity contribution in [1.82, 2.24) is 10.3 Å². The number of nitrogens with one attached hydrogen (secondary N) is 2. The lowest BCUT2D eigenvalue weighted by Crippen LogP contribution is -2.32. The van der Waals surface area contributed by atoms with Crippen LogP contribution < -0.4 is 10.9 Å². The van der Waals surface area contributed by atoms with E-state index in [4.69, 9.17) is 4.74 Å². The van der Waals surface area contributed by atoms with Gasteiger partial charge >= 0.3 is 0 Å². The van der Waals surface area contributed by atoms with Crippen LogP contribution in [-0.4, -0.2) is 30.1 Å². The van der Waals surface area contributed by atoms with Gasteiger partial charge < -0.3 is 15.0 Å². The van der Waals surface area contributed by atoms with E-state index in [0.717, 1.165) is 6.42 Å². The number of hydrogen-bond donors (Lipinski definition) is 2. The highest BCUT2D eigenvalue weighted by Crippen LogP contribution is 2.26. The first kappa shape index (κ1) is 17.6. The number of benzene rings is 1. The van der Waals surface area contributed by atoms with Crippen LogP contribution in [0.3, 0.4) is 0 Å². The van der Waals surface area contributed by atoms with Crippen molar-refractivity contribution in [2.24, 2.45) is 5.92 Å². The Labute approximate surface area is 145 Å². The van der Waals surface area contributed by atoms with E-state index in [2.05, 4.69) is 17.2 Å². The summed E-state index contributed by atoms with van der Waals surface area (Å²) < 4.78 is 19.2. The van der Waals surface area contributed by atoms with E-state index in [0.29, 0.717) is 30.0 Å². The number of aromatic amines is 1. The van der Waals surface area contributed by atoms with E-state index in [9.17, 15) is 14.0 Å². The van der Waals surface area contributed by atoms with Crippen molar-refractivity contribution < 1.29 is 13.9 Å². The topological polar surface area (TPSA) is 71.2 Å². The number of H-pyrrole nitrogens is 1. The first-order chi connectivity index (χ1) is 12.0. The molecule has 134 valence electrons. The highest BCUT2D eigenvalue weighted by molar-refractivity contribution is 6.05. The number of amides is 1. The van der Waals surface area contributed by atoms with Crippen molar-refractivity contribution in [3.63, 3.8) is 0 Å². The zero-order chi connectivity index (χ0) is 17.8. The Balaban J connectivity index is 1.61. The molecule has 0 bridgehead atoms. The van der Waals surface area contributed by atoms with E-state index >= 15 is 0 Å². The molecule has 1 aliphatic carbocycles. The van der Waals surface area contributed by atoms with Crippen LogP contribution in [0.1, 0.15) is 43.0 Å². The van der Waals surface area contributed by atoms with Gasteiger partial charge in [0, 0.05) is 18.0 Å². The number of rotatable bonds is 5. The lowest BCUT2D eigenvalue weighted by molar-refractivity contribution is -0.00293. The molecule has 1 heterocycles. The van der Waals surface area contributed by atoms with Crippen LogP contribution in [0.15, 0.2) is 29.1 Å². The number of ether oxygens (including phenoxy) is 1. The highest BCUT2D eigenvalue weighted by Gasteiger charge is 2.21. The molecule has 1 aromatic carbocycles. The summed E-state index contributed by atoms with van der Waals surface area (Å²) in [6.07, 6.45) is 4.96. The number of halogens is 1. The molecule has 2 atom stereocenters. The molecule has 0 unspecified atom stereocenters. The van der Waals surface area contributed by atoms with Gasteiger partial charge in [0.25, 0.3) is 5.91 Å². The number of fused-ring (bicyclic) bond motifs is 1. The van der Waals surface area contributed by atoms with Gasteiger partial charge in [0.05, 0.1) is 23.8 Å². The van der Waals surface area contributed by atoms with Gasteiger partial charge in [0.15, 0.2) is 0 Å². The summed E-state index contributed by atoms with van der Waals surface area (Å²) in [5, 5.41) is 3.29. The lowest BCUT2D eigenvalue weighted by Gasteiger charge is -2.28. The van der Waals surface area contributed by atoms with Crippen molar-refractivity contribution in [2.75, 3.05) is 13.2 Å².